The molecule has 0 aliphatic carbocycles. The molecule has 7 rings (SSSR count). The van der Waals surface area contributed by atoms with Gasteiger partial charge in [-0.25, -0.2) is 0 Å². The van der Waals surface area contributed by atoms with Crippen molar-refractivity contribution in [2.24, 2.45) is 0 Å². The topological polar surface area (TPSA) is 8.17 Å². The third kappa shape index (κ3) is 4.04. The van der Waals surface area contributed by atoms with Crippen LogP contribution in [0.5, 0.6) is 0 Å². The van der Waals surface area contributed by atoms with Gasteiger partial charge in [0, 0.05) is 33.8 Å². The highest BCUT2D eigenvalue weighted by atomic mass is 15.2. The van der Waals surface area contributed by atoms with Crippen LogP contribution in [0.1, 0.15) is 22.3 Å². The van der Waals surface area contributed by atoms with Gasteiger partial charge in [0.2, 0.25) is 0 Å². The van der Waals surface area contributed by atoms with E-state index in [1.807, 2.05) is 0 Å². The van der Waals surface area contributed by atoms with E-state index in [1.165, 1.54) is 72.6 Å². The first kappa shape index (κ1) is 25.2. The van der Waals surface area contributed by atoms with Gasteiger partial charge in [-0.1, -0.05) is 120 Å². The molecular formula is C38H33BN2. The Bertz CT molecular complexity index is 1810. The van der Waals surface area contributed by atoms with Crippen molar-refractivity contribution in [3.63, 3.8) is 0 Å². The molecule has 41 heavy (non-hydrogen) atoms. The third-order valence-electron chi connectivity index (χ3n) is 8.62. The number of aromatic nitrogens is 1. The van der Waals surface area contributed by atoms with Crippen LogP contribution in [0, 0.1) is 27.7 Å². The van der Waals surface area contributed by atoms with Gasteiger partial charge in [0.05, 0.1) is 0 Å². The highest BCUT2D eigenvalue weighted by Gasteiger charge is 2.41. The lowest BCUT2D eigenvalue weighted by atomic mass is 9.59. The van der Waals surface area contributed by atoms with Gasteiger partial charge < -0.3 is 9.29 Å². The number of hydrogen-bond donors (Lipinski definition) is 0. The second-order valence-corrected chi connectivity index (χ2v) is 11.2. The lowest BCUT2D eigenvalue weighted by Crippen LogP contribution is -2.56. The van der Waals surface area contributed by atoms with Crippen molar-refractivity contribution < 1.29 is 0 Å². The summed E-state index contributed by atoms with van der Waals surface area (Å²) in [6.07, 6.45) is 2.29. The third-order valence-corrected chi connectivity index (χ3v) is 8.62. The maximum Gasteiger partial charge on any atom is 0.420 e. The summed E-state index contributed by atoms with van der Waals surface area (Å²) < 4.78 is 2.51. The molecule has 1 aliphatic heterocycles. The summed E-state index contributed by atoms with van der Waals surface area (Å²) in [7, 11) is 0. The van der Waals surface area contributed by atoms with Crippen LogP contribution in [0.25, 0.3) is 33.5 Å². The van der Waals surface area contributed by atoms with Gasteiger partial charge >= 0.3 is 6.98 Å². The van der Waals surface area contributed by atoms with Gasteiger partial charge in [0.1, 0.15) is 0 Å². The Kier molecular flexibility index (Phi) is 6.16. The SMILES string of the molecule is Cc1cccc(C)c1B1N(c2c(-c3ccccc3)cccc2-c2ccccc2)c2cccc(C)c2-c2c(C)ccn21. The van der Waals surface area contributed by atoms with Crippen molar-refractivity contribution in [1.82, 2.24) is 4.48 Å². The van der Waals surface area contributed by atoms with Crippen molar-refractivity contribution >= 4 is 23.8 Å². The molecule has 6 aromatic rings. The van der Waals surface area contributed by atoms with Crippen molar-refractivity contribution in [2.75, 3.05) is 4.81 Å². The van der Waals surface area contributed by atoms with E-state index in [0.717, 1.165) is 0 Å². The van der Waals surface area contributed by atoms with E-state index in [4.69, 9.17) is 0 Å². The van der Waals surface area contributed by atoms with E-state index in [9.17, 15) is 0 Å². The fourth-order valence-electron chi connectivity index (χ4n) is 6.75. The van der Waals surface area contributed by atoms with Crippen LogP contribution in [0.15, 0.2) is 128 Å². The van der Waals surface area contributed by atoms with Crippen molar-refractivity contribution in [3.05, 3.63) is 150 Å². The average Bonchev–Trinajstić information content (AvgIpc) is 3.38. The van der Waals surface area contributed by atoms with Gasteiger partial charge in [0.15, 0.2) is 0 Å². The maximum absolute atomic E-state index is 2.62. The molecule has 198 valence electrons. The Morgan fingerprint density at radius 1 is 0.488 bits per heavy atom. The first-order valence-electron chi connectivity index (χ1n) is 14.4. The molecule has 1 aliphatic rings. The lowest BCUT2D eigenvalue weighted by molar-refractivity contribution is 1.12. The second-order valence-electron chi connectivity index (χ2n) is 11.2. The monoisotopic (exact) mass is 528 g/mol. The largest absolute Gasteiger partial charge is 0.420 e. The molecule has 1 aromatic heterocycles. The first-order chi connectivity index (χ1) is 20.0. The fraction of sp³-hybridized carbons (Fsp3) is 0.105. The number of fused-ring (bicyclic) bond motifs is 3. The van der Waals surface area contributed by atoms with Crippen LogP contribution in [0.2, 0.25) is 0 Å². The summed E-state index contributed by atoms with van der Waals surface area (Å²) in [5, 5.41) is 0. The molecule has 0 N–H and O–H groups in total. The number of anilines is 2. The second kappa shape index (κ2) is 10.0. The zero-order valence-electron chi connectivity index (χ0n) is 24.1. The van der Waals surface area contributed by atoms with E-state index in [-0.39, 0.29) is 6.98 Å². The van der Waals surface area contributed by atoms with Crippen molar-refractivity contribution in [2.45, 2.75) is 27.7 Å². The molecule has 5 aromatic carbocycles. The molecule has 0 atom stereocenters. The molecule has 3 heteroatoms. The molecule has 0 amide bonds. The smallest absolute Gasteiger partial charge is 0.367 e. The Hall–Kier alpha value is -4.76. The summed E-state index contributed by atoms with van der Waals surface area (Å²) in [4.78, 5) is 2.62. The molecule has 0 saturated heterocycles. The molecule has 2 heterocycles. The zero-order chi connectivity index (χ0) is 28.1. The highest BCUT2D eigenvalue weighted by molar-refractivity contribution is 6.78. The van der Waals surface area contributed by atoms with Crippen LogP contribution < -0.4 is 10.3 Å². The molecule has 0 fully saturated rings. The molecule has 0 unspecified atom stereocenters. The minimum atomic E-state index is -0.0541. The number of nitrogens with zero attached hydrogens (tertiary/aromatic N) is 2. The van der Waals surface area contributed by atoms with E-state index in [1.54, 1.807) is 0 Å². The predicted octanol–water partition coefficient (Wildman–Crippen LogP) is 9.12. The Morgan fingerprint density at radius 2 is 1.02 bits per heavy atom. The summed E-state index contributed by atoms with van der Waals surface area (Å²) in [5.41, 5.74) is 16.5. The molecule has 2 nitrogen and oxygen atoms in total. The normalized spacial score (nSPS) is 12.3. The molecular weight excluding hydrogens is 495 g/mol. The molecule has 0 radical (unpaired) electrons. The average molecular weight is 529 g/mol. The van der Waals surface area contributed by atoms with Crippen LogP contribution in [-0.4, -0.2) is 11.5 Å². The van der Waals surface area contributed by atoms with Crippen LogP contribution in [-0.2, 0) is 0 Å². The quantitative estimate of drug-likeness (QED) is 0.207. The van der Waals surface area contributed by atoms with Crippen molar-refractivity contribution in [1.29, 1.82) is 0 Å². The predicted molar refractivity (Wildman–Crippen MR) is 175 cm³/mol. The number of rotatable bonds is 4. The number of para-hydroxylation sites is 1. The number of aryl methyl sites for hydroxylation is 4. The molecule has 0 spiro atoms. The fourth-order valence-corrected chi connectivity index (χ4v) is 6.75. The minimum absolute atomic E-state index is 0.0541. The molecule has 0 saturated carbocycles. The van der Waals surface area contributed by atoms with Crippen LogP contribution in [0.4, 0.5) is 11.4 Å². The van der Waals surface area contributed by atoms with Gasteiger partial charge in [-0.3, -0.25) is 0 Å². The van der Waals surface area contributed by atoms with E-state index in [0.29, 0.717) is 0 Å². The summed E-state index contributed by atoms with van der Waals surface area (Å²) >= 11 is 0. The zero-order valence-corrected chi connectivity index (χ0v) is 24.1. The van der Waals surface area contributed by atoms with Gasteiger partial charge in [-0.05, 0) is 73.7 Å². The summed E-state index contributed by atoms with van der Waals surface area (Å²) in [6, 6.07) is 44.2. The van der Waals surface area contributed by atoms with Crippen molar-refractivity contribution in [3.8, 4) is 33.5 Å². The van der Waals surface area contributed by atoms with Crippen LogP contribution in [0.3, 0.4) is 0 Å². The van der Waals surface area contributed by atoms with Gasteiger partial charge in [-0.2, -0.15) is 0 Å². The first-order valence-corrected chi connectivity index (χ1v) is 14.4. The molecule has 0 bridgehead atoms. The van der Waals surface area contributed by atoms with E-state index < -0.39 is 0 Å². The lowest BCUT2D eigenvalue weighted by Gasteiger charge is -2.42. The number of hydrogen-bond acceptors (Lipinski definition) is 1. The summed E-state index contributed by atoms with van der Waals surface area (Å²) in [5.74, 6) is 0. The van der Waals surface area contributed by atoms with Gasteiger partial charge in [-0.15, -0.1) is 0 Å². The number of benzene rings is 5. The standard InChI is InChI=1S/C38H33BN2/c1-26-14-12-23-34-35(26)37-29(4)24-25-40(37)39(36-27(2)15-11-16-28(36)3)41(34)38-32(30-17-7-5-8-18-30)21-13-22-33(38)31-19-9-6-10-20-31/h5-25H,1-4H3. The Labute approximate surface area is 243 Å². The van der Waals surface area contributed by atoms with E-state index in [2.05, 4.69) is 165 Å². The maximum atomic E-state index is 2.62. The van der Waals surface area contributed by atoms with Crippen LogP contribution >= 0.6 is 0 Å². The highest BCUT2D eigenvalue weighted by Crippen LogP contribution is 2.49. The minimum Gasteiger partial charge on any atom is -0.367 e. The summed E-state index contributed by atoms with van der Waals surface area (Å²) in [6.45, 7) is 8.94. The van der Waals surface area contributed by atoms with E-state index >= 15 is 0 Å². The Balaban J connectivity index is 1.65. The van der Waals surface area contributed by atoms with Gasteiger partial charge in [0.25, 0.3) is 0 Å². The Morgan fingerprint density at radius 3 is 1.63 bits per heavy atom.